The van der Waals surface area contributed by atoms with Crippen molar-refractivity contribution in [3.63, 3.8) is 0 Å². The molecular weight excluding hydrogens is 297 g/mol. The number of hydrogen-bond donors (Lipinski definition) is 1. The van der Waals surface area contributed by atoms with Gasteiger partial charge in [-0.05, 0) is 18.5 Å². The van der Waals surface area contributed by atoms with E-state index in [4.69, 9.17) is 4.74 Å². The maximum absolute atomic E-state index is 12.6. The van der Waals surface area contributed by atoms with Gasteiger partial charge in [0.2, 0.25) is 0 Å². The highest BCUT2D eigenvalue weighted by Gasteiger charge is 2.35. The predicted octanol–water partition coefficient (Wildman–Crippen LogP) is 3.54. The average molecular weight is 308 g/mol. The number of hydrogen-bond acceptors (Lipinski definition) is 5. The van der Waals surface area contributed by atoms with E-state index >= 15 is 0 Å². The van der Waals surface area contributed by atoms with Gasteiger partial charge in [0.25, 0.3) is 0 Å². The molecule has 2 rings (SSSR count). The van der Waals surface area contributed by atoms with Crippen LogP contribution in [0.5, 0.6) is 5.75 Å². The number of thiazole rings is 1. The number of nitrogens with zero attached hydrogens (tertiary/aromatic N) is 1. The van der Waals surface area contributed by atoms with Crippen molar-refractivity contribution >= 4 is 22.7 Å². The number of aromatic nitrogens is 1. The van der Waals surface area contributed by atoms with Crippen LogP contribution in [0.3, 0.4) is 0 Å². The lowest BCUT2D eigenvalue weighted by atomic mass is 10.2. The average Bonchev–Trinajstić information content (AvgIpc) is 2.97. The maximum Gasteiger partial charge on any atom is 0.443 e. The molecule has 0 radical (unpaired) electrons. The number of rotatable bonds is 4. The zero-order valence-corrected chi connectivity index (χ0v) is 11.7. The van der Waals surface area contributed by atoms with Gasteiger partial charge in [-0.1, -0.05) is 0 Å². The van der Waals surface area contributed by atoms with E-state index in [1.807, 2.05) is 5.38 Å². The first-order valence-electron chi connectivity index (χ1n) is 5.29. The van der Waals surface area contributed by atoms with Crippen LogP contribution in [-0.4, -0.2) is 19.1 Å². The monoisotopic (exact) mass is 308 g/mol. The number of methoxy groups -OCH3 is 1. The van der Waals surface area contributed by atoms with Crippen molar-refractivity contribution in [1.82, 2.24) is 10.3 Å². The quantitative estimate of drug-likeness (QED) is 0.938. The molecule has 0 amide bonds. The minimum atomic E-state index is -4.40. The lowest BCUT2D eigenvalue weighted by Gasteiger charge is -2.14. The maximum atomic E-state index is 12.6. The van der Waals surface area contributed by atoms with Gasteiger partial charge in [0.05, 0.1) is 18.0 Å². The second-order valence-corrected chi connectivity index (χ2v) is 5.65. The highest BCUT2D eigenvalue weighted by molar-refractivity contribution is 7.12. The molecule has 0 fully saturated rings. The topological polar surface area (TPSA) is 34.2 Å². The van der Waals surface area contributed by atoms with E-state index < -0.39 is 11.2 Å². The summed E-state index contributed by atoms with van der Waals surface area (Å²) in [5, 5.41) is 4.00. The SMILES string of the molecule is CNC(c1cnc(C(F)(F)F)s1)c1sccc1OC. The Bertz CT molecular complexity index is 550. The van der Waals surface area contributed by atoms with Gasteiger partial charge >= 0.3 is 6.18 Å². The lowest BCUT2D eigenvalue weighted by Crippen LogP contribution is -2.15. The zero-order chi connectivity index (χ0) is 14.0. The van der Waals surface area contributed by atoms with E-state index in [0.717, 1.165) is 4.88 Å². The van der Waals surface area contributed by atoms with Crippen LogP contribution in [-0.2, 0) is 6.18 Å². The van der Waals surface area contributed by atoms with Gasteiger partial charge in [0.15, 0.2) is 5.01 Å². The summed E-state index contributed by atoms with van der Waals surface area (Å²) in [4.78, 5) is 4.78. The summed E-state index contributed by atoms with van der Waals surface area (Å²) < 4.78 is 42.9. The van der Waals surface area contributed by atoms with E-state index in [-0.39, 0.29) is 6.04 Å². The number of halogens is 3. The first kappa shape index (κ1) is 14.3. The van der Waals surface area contributed by atoms with E-state index in [0.29, 0.717) is 22.0 Å². The molecule has 8 heteroatoms. The largest absolute Gasteiger partial charge is 0.496 e. The molecular formula is C11H11F3N2OS2. The highest BCUT2D eigenvalue weighted by Crippen LogP contribution is 2.39. The summed E-state index contributed by atoms with van der Waals surface area (Å²) in [5.41, 5.74) is 0. The van der Waals surface area contributed by atoms with Crippen LogP contribution in [0, 0.1) is 0 Å². The molecule has 3 nitrogen and oxygen atoms in total. The van der Waals surface area contributed by atoms with Crippen molar-refractivity contribution in [1.29, 1.82) is 0 Å². The number of alkyl halides is 3. The van der Waals surface area contributed by atoms with E-state index in [9.17, 15) is 13.2 Å². The Hall–Kier alpha value is -1.12. The minimum Gasteiger partial charge on any atom is -0.496 e. The summed E-state index contributed by atoms with van der Waals surface area (Å²) in [6.45, 7) is 0. The van der Waals surface area contributed by atoms with Crippen molar-refractivity contribution in [2.75, 3.05) is 14.2 Å². The second kappa shape index (κ2) is 5.48. The normalized spacial score (nSPS) is 13.5. The van der Waals surface area contributed by atoms with Gasteiger partial charge in [-0.2, -0.15) is 13.2 Å². The Morgan fingerprint density at radius 1 is 1.42 bits per heavy atom. The number of thiophene rings is 1. The number of nitrogens with one attached hydrogen (secondary N) is 1. The molecule has 2 aromatic heterocycles. The first-order valence-corrected chi connectivity index (χ1v) is 6.98. The van der Waals surface area contributed by atoms with Crippen molar-refractivity contribution < 1.29 is 17.9 Å². The highest BCUT2D eigenvalue weighted by atomic mass is 32.1. The summed E-state index contributed by atoms with van der Waals surface area (Å²) in [7, 11) is 3.23. The molecule has 2 heterocycles. The third-order valence-corrected chi connectivity index (χ3v) is 4.55. The fraction of sp³-hybridized carbons (Fsp3) is 0.364. The Labute approximate surface area is 116 Å². The van der Waals surface area contributed by atoms with Crippen LogP contribution in [0.2, 0.25) is 0 Å². The van der Waals surface area contributed by atoms with Crippen LogP contribution in [0.15, 0.2) is 17.6 Å². The Balaban J connectivity index is 2.35. The molecule has 0 saturated heterocycles. The molecule has 1 unspecified atom stereocenters. The molecule has 0 aliphatic rings. The standard InChI is InChI=1S/C11H11F3N2OS2/c1-15-8(9-6(17-2)3-4-18-9)7-5-16-10(19-7)11(12,13)14/h3-5,8,15H,1-2H3. The van der Waals surface area contributed by atoms with E-state index in [1.54, 1.807) is 13.1 Å². The molecule has 2 aromatic rings. The molecule has 0 saturated carbocycles. The van der Waals surface area contributed by atoms with Crippen LogP contribution >= 0.6 is 22.7 Å². The van der Waals surface area contributed by atoms with Gasteiger partial charge in [-0.3, -0.25) is 0 Å². The molecule has 0 aliphatic carbocycles. The number of ether oxygens (including phenoxy) is 1. The minimum absolute atomic E-state index is 0.344. The van der Waals surface area contributed by atoms with Gasteiger partial charge in [0.1, 0.15) is 5.75 Å². The Kier molecular flexibility index (Phi) is 4.12. The van der Waals surface area contributed by atoms with Crippen LogP contribution in [0.1, 0.15) is 20.8 Å². The Morgan fingerprint density at radius 2 is 2.16 bits per heavy atom. The summed E-state index contributed by atoms with van der Waals surface area (Å²) >= 11 is 2.07. The van der Waals surface area contributed by atoms with Gasteiger partial charge < -0.3 is 10.1 Å². The molecule has 104 valence electrons. The van der Waals surface area contributed by atoms with Crippen LogP contribution < -0.4 is 10.1 Å². The van der Waals surface area contributed by atoms with E-state index in [2.05, 4.69) is 10.3 Å². The lowest BCUT2D eigenvalue weighted by molar-refractivity contribution is -0.137. The molecule has 0 spiro atoms. The van der Waals surface area contributed by atoms with Crippen molar-refractivity contribution in [2.45, 2.75) is 12.2 Å². The van der Waals surface area contributed by atoms with Crippen LogP contribution in [0.4, 0.5) is 13.2 Å². The fourth-order valence-electron chi connectivity index (χ4n) is 1.64. The van der Waals surface area contributed by atoms with Crippen molar-refractivity contribution in [2.24, 2.45) is 0 Å². The van der Waals surface area contributed by atoms with Gasteiger partial charge in [-0.25, -0.2) is 4.98 Å². The molecule has 19 heavy (non-hydrogen) atoms. The summed E-state index contributed by atoms with van der Waals surface area (Å²) in [6, 6.07) is 1.44. The van der Waals surface area contributed by atoms with Crippen molar-refractivity contribution in [3.8, 4) is 5.75 Å². The molecule has 0 aromatic carbocycles. The predicted molar refractivity (Wildman–Crippen MR) is 68.9 cm³/mol. The fourth-order valence-corrected chi connectivity index (χ4v) is 3.61. The second-order valence-electron chi connectivity index (χ2n) is 3.64. The molecule has 0 bridgehead atoms. The first-order chi connectivity index (χ1) is 8.97. The van der Waals surface area contributed by atoms with Crippen molar-refractivity contribution in [3.05, 3.63) is 32.4 Å². The Morgan fingerprint density at radius 3 is 2.68 bits per heavy atom. The smallest absolute Gasteiger partial charge is 0.443 e. The molecule has 1 N–H and O–H groups in total. The zero-order valence-electron chi connectivity index (χ0n) is 10.1. The third-order valence-electron chi connectivity index (χ3n) is 2.48. The molecule has 1 atom stereocenters. The van der Waals surface area contributed by atoms with Crippen LogP contribution in [0.25, 0.3) is 0 Å². The summed E-state index contributed by atoms with van der Waals surface area (Å²) in [6.07, 6.45) is -3.14. The van der Waals surface area contributed by atoms with Gasteiger partial charge in [-0.15, -0.1) is 22.7 Å². The summed E-state index contributed by atoms with van der Waals surface area (Å²) in [5.74, 6) is 0.659. The third kappa shape index (κ3) is 2.90. The van der Waals surface area contributed by atoms with E-state index in [1.165, 1.54) is 24.6 Å². The molecule has 0 aliphatic heterocycles. The van der Waals surface area contributed by atoms with Gasteiger partial charge in [0, 0.05) is 11.1 Å².